The summed E-state index contributed by atoms with van der Waals surface area (Å²) in [6.07, 6.45) is 1.69. The third-order valence-corrected chi connectivity index (χ3v) is 9.61. The summed E-state index contributed by atoms with van der Waals surface area (Å²) in [6, 6.07) is 14.5. The zero-order chi connectivity index (χ0) is 34.7. The number of nitrogens with zero attached hydrogens (tertiary/aromatic N) is 3. The van der Waals surface area contributed by atoms with E-state index in [1.54, 1.807) is 44.2 Å². The Morgan fingerprint density at radius 3 is 2.52 bits per heavy atom. The monoisotopic (exact) mass is 847 g/mol. The number of allylic oxidation sites excluding steroid dienone is 1. The summed E-state index contributed by atoms with van der Waals surface area (Å²) < 4.78 is 26.4. The quantitative estimate of drug-likeness (QED) is 0.0729. The van der Waals surface area contributed by atoms with E-state index < -0.39 is 16.9 Å². The highest BCUT2D eigenvalue weighted by atomic mass is 127. The van der Waals surface area contributed by atoms with Gasteiger partial charge in [-0.05, 0) is 125 Å². The maximum absolute atomic E-state index is 14.1. The minimum atomic E-state index is -0.813. The number of non-ortho nitro benzene ring substituents is 1. The SMILES string of the molecule is CCOC(=O)C1=C(C)N=c2s/c(=C\c3cc(Br)c(OCc4ccc([N+](=O)[O-])cc4)c(I)c3)c(=O)n2[C@@H]1c1ccc(OC(C)C)c(OC)c1. The third kappa shape index (κ3) is 7.50. The molecular formula is C34H31BrIN3O8S. The molecule has 3 aromatic carbocycles. The summed E-state index contributed by atoms with van der Waals surface area (Å²) in [4.78, 5) is 43.1. The van der Waals surface area contributed by atoms with Crippen LogP contribution in [0.1, 0.15) is 50.4 Å². The summed E-state index contributed by atoms with van der Waals surface area (Å²) in [5.74, 6) is 1.06. The van der Waals surface area contributed by atoms with Crippen LogP contribution in [-0.4, -0.2) is 35.3 Å². The number of esters is 1. The first-order valence-electron chi connectivity index (χ1n) is 14.8. The predicted octanol–water partition coefficient (Wildman–Crippen LogP) is 6.45. The lowest BCUT2D eigenvalue weighted by Crippen LogP contribution is -2.40. The third-order valence-electron chi connectivity index (χ3n) is 7.23. The van der Waals surface area contributed by atoms with Crippen molar-refractivity contribution in [2.45, 2.75) is 46.4 Å². The Hall–Kier alpha value is -4.02. The Balaban J connectivity index is 1.54. The second-order valence-corrected chi connectivity index (χ2v) is 13.9. The lowest BCUT2D eigenvalue weighted by atomic mass is 9.95. The molecule has 250 valence electrons. The van der Waals surface area contributed by atoms with Gasteiger partial charge in [0.05, 0.1) is 54.6 Å². The number of aromatic nitrogens is 1. The van der Waals surface area contributed by atoms with E-state index in [0.29, 0.717) is 42.3 Å². The van der Waals surface area contributed by atoms with E-state index in [9.17, 15) is 19.7 Å². The summed E-state index contributed by atoms with van der Waals surface area (Å²) in [6.45, 7) is 7.67. The lowest BCUT2D eigenvalue weighted by molar-refractivity contribution is -0.384. The minimum Gasteiger partial charge on any atom is -0.493 e. The van der Waals surface area contributed by atoms with E-state index >= 15 is 0 Å². The van der Waals surface area contributed by atoms with Crippen LogP contribution in [0.5, 0.6) is 17.2 Å². The number of nitro benzene ring substituents is 1. The molecule has 5 rings (SSSR count). The number of hydrogen-bond acceptors (Lipinski definition) is 10. The molecule has 14 heteroatoms. The van der Waals surface area contributed by atoms with Gasteiger partial charge in [0, 0.05) is 12.1 Å². The molecule has 2 heterocycles. The molecule has 48 heavy (non-hydrogen) atoms. The van der Waals surface area contributed by atoms with E-state index in [0.717, 1.165) is 14.7 Å². The molecular weight excluding hydrogens is 817 g/mol. The van der Waals surface area contributed by atoms with Gasteiger partial charge >= 0.3 is 5.97 Å². The van der Waals surface area contributed by atoms with Crippen molar-refractivity contribution < 1.29 is 28.7 Å². The zero-order valence-corrected chi connectivity index (χ0v) is 31.2. The molecule has 0 spiro atoms. The van der Waals surface area contributed by atoms with Crippen LogP contribution in [0.3, 0.4) is 0 Å². The Bertz CT molecular complexity index is 2080. The number of carbonyl (C=O) groups excluding carboxylic acids is 1. The van der Waals surface area contributed by atoms with E-state index in [-0.39, 0.29) is 36.1 Å². The lowest BCUT2D eigenvalue weighted by Gasteiger charge is -2.25. The number of halogens is 2. The van der Waals surface area contributed by atoms with Crippen molar-refractivity contribution in [2.24, 2.45) is 4.99 Å². The molecule has 1 atom stereocenters. The van der Waals surface area contributed by atoms with Gasteiger partial charge in [-0.15, -0.1) is 0 Å². The number of nitro groups is 1. The highest BCUT2D eigenvalue weighted by Gasteiger charge is 2.34. The number of hydrogen-bond donors (Lipinski definition) is 0. The molecule has 0 saturated heterocycles. The van der Waals surface area contributed by atoms with Gasteiger partial charge in [-0.1, -0.05) is 17.4 Å². The highest BCUT2D eigenvalue weighted by molar-refractivity contribution is 14.1. The summed E-state index contributed by atoms with van der Waals surface area (Å²) in [5.41, 5.74) is 2.58. The van der Waals surface area contributed by atoms with E-state index in [1.165, 1.54) is 35.1 Å². The van der Waals surface area contributed by atoms with E-state index in [2.05, 4.69) is 43.5 Å². The molecule has 0 aliphatic carbocycles. The fraction of sp³-hybridized carbons (Fsp3) is 0.265. The van der Waals surface area contributed by atoms with Crippen molar-refractivity contribution in [3.8, 4) is 17.2 Å². The van der Waals surface area contributed by atoms with Crippen molar-refractivity contribution in [3.05, 3.63) is 120 Å². The Morgan fingerprint density at radius 1 is 1.17 bits per heavy atom. The Morgan fingerprint density at radius 2 is 1.90 bits per heavy atom. The highest BCUT2D eigenvalue weighted by Crippen LogP contribution is 2.37. The first-order valence-corrected chi connectivity index (χ1v) is 17.5. The fourth-order valence-corrected chi connectivity index (χ4v) is 7.95. The molecule has 11 nitrogen and oxygen atoms in total. The van der Waals surface area contributed by atoms with Gasteiger partial charge in [-0.3, -0.25) is 19.5 Å². The van der Waals surface area contributed by atoms with Gasteiger partial charge in [-0.2, -0.15) is 0 Å². The number of ether oxygens (including phenoxy) is 4. The molecule has 0 N–H and O–H groups in total. The molecule has 1 aliphatic heterocycles. The zero-order valence-electron chi connectivity index (χ0n) is 26.6. The number of thiazole rings is 1. The maximum Gasteiger partial charge on any atom is 0.338 e. The van der Waals surface area contributed by atoms with Gasteiger partial charge in [0.1, 0.15) is 12.4 Å². The second kappa shape index (κ2) is 15.0. The normalized spacial score (nSPS) is 14.4. The average molecular weight is 849 g/mol. The van der Waals surface area contributed by atoms with Gasteiger partial charge in [0.25, 0.3) is 11.2 Å². The Kier molecular flexibility index (Phi) is 11.1. The number of benzene rings is 3. The van der Waals surface area contributed by atoms with Crippen LogP contribution in [0.2, 0.25) is 0 Å². The smallest absolute Gasteiger partial charge is 0.338 e. The molecule has 0 radical (unpaired) electrons. The van der Waals surface area contributed by atoms with E-state index in [4.69, 9.17) is 18.9 Å². The van der Waals surface area contributed by atoms with Crippen LogP contribution < -0.4 is 29.1 Å². The molecule has 0 amide bonds. The van der Waals surface area contributed by atoms with Gasteiger partial charge < -0.3 is 18.9 Å². The van der Waals surface area contributed by atoms with Gasteiger partial charge in [0.15, 0.2) is 16.3 Å². The standard InChI is InChI=1S/C34H31BrIN3O8S/c1-6-45-33(41)29-19(4)37-34-38(30(29)22-9-12-26(47-18(2)3)27(16-22)44-5)32(40)28(48-34)15-21-13-24(35)31(25(36)14-21)46-17-20-7-10-23(11-8-20)39(42)43/h7-16,18,30H,6,17H2,1-5H3/b28-15-/t30-/m1/s1. The molecule has 4 aromatic rings. The molecule has 1 aliphatic rings. The van der Waals surface area contributed by atoms with Crippen molar-refractivity contribution in [2.75, 3.05) is 13.7 Å². The molecule has 0 unspecified atom stereocenters. The van der Waals surface area contributed by atoms with Crippen LogP contribution in [0, 0.1) is 13.7 Å². The van der Waals surface area contributed by atoms with E-state index in [1.807, 2.05) is 32.0 Å². The number of rotatable bonds is 11. The Labute approximate surface area is 301 Å². The summed E-state index contributed by atoms with van der Waals surface area (Å²) >= 11 is 6.98. The van der Waals surface area contributed by atoms with Crippen molar-refractivity contribution in [1.29, 1.82) is 0 Å². The summed E-state index contributed by atoms with van der Waals surface area (Å²) in [5, 5.41) is 11.0. The number of carbonyl (C=O) groups is 1. The van der Waals surface area contributed by atoms with Crippen LogP contribution >= 0.6 is 49.9 Å². The van der Waals surface area contributed by atoms with Gasteiger partial charge in [0.2, 0.25) is 0 Å². The second-order valence-electron chi connectivity index (χ2n) is 10.9. The average Bonchev–Trinajstić information content (AvgIpc) is 3.33. The van der Waals surface area contributed by atoms with Crippen molar-refractivity contribution in [1.82, 2.24) is 4.57 Å². The van der Waals surface area contributed by atoms with Crippen LogP contribution in [0.25, 0.3) is 6.08 Å². The summed E-state index contributed by atoms with van der Waals surface area (Å²) in [7, 11) is 1.54. The minimum absolute atomic E-state index is 0.0108. The molecule has 0 saturated carbocycles. The predicted molar refractivity (Wildman–Crippen MR) is 193 cm³/mol. The first-order chi connectivity index (χ1) is 22.9. The van der Waals surface area contributed by atoms with Crippen molar-refractivity contribution >= 4 is 67.6 Å². The maximum atomic E-state index is 14.1. The molecule has 0 bridgehead atoms. The van der Waals surface area contributed by atoms with Crippen LogP contribution in [0.15, 0.2) is 80.1 Å². The largest absolute Gasteiger partial charge is 0.493 e. The fourth-order valence-electron chi connectivity index (χ4n) is 5.13. The van der Waals surface area contributed by atoms with Gasteiger partial charge in [-0.25, -0.2) is 9.79 Å². The van der Waals surface area contributed by atoms with Crippen LogP contribution in [0.4, 0.5) is 5.69 Å². The van der Waals surface area contributed by atoms with Crippen LogP contribution in [-0.2, 0) is 16.1 Å². The topological polar surface area (TPSA) is 131 Å². The number of fused-ring (bicyclic) bond motifs is 1. The first kappa shape index (κ1) is 35.3. The molecule has 0 fully saturated rings. The molecule has 1 aromatic heterocycles. The van der Waals surface area contributed by atoms with Crippen molar-refractivity contribution in [3.63, 3.8) is 0 Å². The number of methoxy groups -OCH3 is 1.